The Labute approximate surface area is 148 Å². The van der Waals surface area contributed by atoms with Crippen molar-refractivity contribution >= 4 is 17.3 Å². The third-order valence-corrected chi connectivity index (χ3v) is 5.65. The molecule has 0 N–H and O–H groups in total. The van der Waals surface area contributed by atoms with Crippen molar-refractivity contribution in [2.75, 3.05) is 24.5 Å². The van der Waals surface area contributed by atoms with Gasteiger partial charge < -0.3 is 9.80 Å². The Morgan fingerprint density at radius 2 is 1.84 bits per heavy atom. The summed E-state index contributed by atoms with van der Waals surface area (Å²) < 4.78 is 0. The molecule has 1 saturated heterocycles. The number of nitrogens with zero attached hydrogens (tertiary/aromatic N) is 3. The van der Waals surface area contributed by atoms with Crippen LogP contribution in [0.3, 0.4) is 0 Å². The number of hydrogen-bond acceptors (Lipinski definition) is 4. The summed E-state index contributed by atoms with van der Waals surface area (Å²) in [6.07, 6.45) is 6.26. The number of carbonyl (C=O) groups excluding carboxylic acids is 1. The summed E-state index contributed by atoms with van der Waals surface area (Å²) in [6, 6.07) is 7.30. The Balaban J connectivity index is 1.63. The van der Waals surface area contributed by atoms with Crippen LogP contribution in [-0.4, -0.2) is 41.4 Å². The first-order valence-electron chi connectivity index (χ1n) is 9.40. The average molecular weight is 345 g/mol. The van der Waals surface area contributed by atoms with Gasteiger partial charge in [-0.25, -0.2) is 0 Å². The van der Waals surface area contributed by atoms with Crippen LogP contribution < -0.4 is 4.90 Å². The molecule has 2 aliphatic rings. The van der Waals surface area contributed by atoms with Gasteiger partial charge in [0, 0.05) is 37.7 Å². The maximum absolute atomic E-state index is 12.9. The van der Waals surface area contributed by atoms with E-state index in [1.165, 1.54) is 12.8 Å². The van der Waals surface area contributed by atoms with Gasteiger partial charge >= 0.3 is 0 Å². The van der Waals surface area contributed by atoms with Gasteiger partial charge in [0.05, 0.1) is 4.92 Å². The Bertz CT molecular complexity index is 620. The molecule has 1 aromatic carbocycles. The first-order valence-corrected chi connectivity index (χ1v) is 9.40. The van der Waals surface area contributed by atoms with Crippen molar-refractivity contribution in [3.05, 3.63) is 34.4 Å². The molecule has 0 bridgehead atoms. The largest absolute Gasteiger partial charge is 0.366 e. The molecule has 0 atom stereocenters. The quantitative estimate of drug-likeness (QED) is 0.604. The standard InChI is InChI=1S/C19H27N3O3/c1-2-21(16-7-3-4-8-16)19(23)15-11-13-20(14-12-15)17-9-5-6-10-18(17)22(24)25/h5-6,9-10,15-16H,2-4,7-8,11-14H2,1H3. The van der Waals surface area contributed by atoms with E-state index in [-0.39, 0.29) is 22.4 Å². The number of para-hydroxylation sites is 2. The summed E-state index contributed by atoms with van der Waals surface area (Å²) >= 11 is 0. The molecule has 1 aliphatic heterocycles. The maximum atomic E-state index is 12.9. The molecule has 1 aliphatic carbocycles. The molecule has 6 nitrogen and oxygen atoms in total. The van der Waals surface area contributed by atoms with Gasteiger partial charge in [0.1, 0.15) is 5.69 Å². The minimum atomic E-state index is -0.328. The number of anilines is 1. The second-order valence-corrected chi connectivity index (χ2v) is 7.07. The van der Waals surface area contributed by atoms with Crippen LogP contribution in [0.5, 0.6) is 0 Å². The lowest BCUT2D eigenvalue weighted by Gasteiger charge is -2.36. The summed E-state index contributed by atoms with van der Waals surface area (Å²) in [6.45, 7) is 4.25. The van der Waals surface area contributed by atoms with Gasteiger partial charge in [0.15, 0.2) is 0 Å². The number of benzene rings is 1. The summed E-state index contributed by atoms with van der Waals surface area (Å²) in [4.78, 5) is 28.0. The number of amides is 1. The molecule has 25 heavy (non-hydrogen) atoms. The van der Waals surface area contributed by atoms with Gasteiger partial charge in [0.25, 0.3) is 5.69 Å². The van der Waals surface area contributed by atoms with Crippen LogP contribution in [0.4, 0.5) is 11.4 Å². The fourth-order valence-electron chi connectivity index (χ4n) is 4.30. The molecule has 2 fully saturated rings. The highest BCUT2D eigenvalue weighted by molar-refractivity contribution is 5.79. The minimum Gasteiger partial charge on any atom is -0.366 e. The summed E-state index contributed by atoms with van der Waals surface area (Å²) in [7, 11) is 0. The van der Waals surface area contributed by atoms with Crippen molar-refractivity contribution in [1.82, 2.24) is 4.90 Å². The second kappa shape index (κ2) is 7.85. The molecule has 0 radical (unpaired) electrons. The number of rotatable bonds is 5. The van der Waals surface area contributed by atoms with Crippen LogP contribution in [0, 0.1) is 16.0 Å². The minimum absolute atomic E-state index is 0.0552. The van der Waals surface area contributed by atoms with E-state index in [2.05, 4.69) is 11.8 Å². The molecule has 3 rings (SSSR count). The van der Waals surface area contributed by atoms with Crippen LogP contribution in [0.2, 0.25) is 0 Å². The van der Waals surface area contributed by atoms with E-state index in [1.54, 1.807) is 18.2 Å². The molecule has 0 spiro atoms. The topological polar surface area (TPSA) is 66.7 Å². The summed E-state index contributed by atoms with van der Waals surface area (Å²) in [5, 5.41) is 11.2. The lowest BCUT2D eigenvalue weighted by molar-refractivity contribution is -0.384. The van der Waals surface area contributed by atoms with Crippen LogP contribution >= 0.6 is 0 Å². The van der Waals surface area contributed by atoms with Gasteiger partial charge in [-0.15, -0.1) is 0 Å². The van der Waals surface area contributed by atoms with E-state index >= 15 is 0 Å². The van der Waals surface area contributed by atoms with E-state index < -0.39 is 0 Å². The van der Waals surface area contributed by atoms with Crippen LogP contribution in [0.25, 0.3) is 0 Å². The van der Waals surface area contributed by atoms with Crippen molar-refractivity contribution in [2.24, 2.45) is 5.92 Å². The van der Waals surface area contributed by atoms with Gasteiger partial charge in [0.2, 0.25) is 5.91 Å². The Morgan fingerprint density at radius 1 is 1.20 bits per heavy atom. The third-order valence-electron chi connectivity index (χ3n) is 5.65. The number of nitro benzene ring substituents is 1. The molecule has 136 valence electrons. The number of nitro groups is 1. The monoisotopic (exact) mass is 345 g/mol. The highest BCUT2D eigenvalue weighted by atomic mass is 16.6. The molecule has 1 heterocycles. The number of hydrogen-bond donors (Lipinski definition) is 0. The first-order chi connectivity index (χ1) is 12.1. The summed E-state index contributed by atoms with van der Waals surface area (Å²) in [5.74, 6) is 0.344. The van der Waals surface area contributed by atoms with E-state index in [0.29, 0.717) is 24.8 Å². The molecule has 0 unspecified atom stereocenters. The zero-order valence-electron chi connectivity index (χ0n) is 14.9. The second-order valence-electron chi connectivity index (χ2n) is 7.07. The number of carbonyl (C=O) groups is 1. The Hall–Kier alpha value is -2.11. The zero-order valence-corrected chi connectivity index (χ0v) is 14.9. The van der Waals surface area contributed by atoms with Crippen molar-refractivity contribution in [3.8, 4) is 0 Å². The fraction of sp³-hybridized carbons (Fsp3) is 0.632. The summed E-state index contributed by atoms with van der Waals surface area (Å²) in [5.41, 5.74) is 0.815. The van der Waals surface area contributed by atoms with Gasteiger partial charge in [-0.1, -0.05) is 25.0 Å². The normalized spacial score (nSPS) is 19.2. The predicted molar refractivity (Wildman–Crippen MR) is 97.7 cm³/mol. The van der Waals surface area contributed by atoms with Gasteiger partial charge in [-0.2, -0.15) is 0 Å². The predicted octanol–water partition coefficient (Wildman–Crippen LogP) is 3.60. The van der Waals surface area contributed by atoms with Crippen molar-refractivity contribution in [3.63, 3.8) is 0 Å². The Morgan fingerprint density at radius 3 is 2.44 bits per heavy atom. The van der Waals surface area contributed by atoms with E-state index in [4.69, 9.17) is 0 Å². The average Bonchev–Trinajstić information content (AvgIpc) is 3.16. The van der Waals surface area contributed by atoms with E-state index in [1.807, 2.05) is 11.0 Å². The SMILES string of the molecule is CCN(C(=O)C1CCN(c2ccccc2[N+](=O)[O-])CC1)C1CCCC1. The lowest BCUT2D eigenvalue weighted by Crippen LogP contribution is -2.46. The molecule has 1 aromatic rings. The fourth-order valence-corrected chi connectivity index (χ4v) is 4.30. The van der Waals surface area contributed by atoms with Crippen molar-refractivity contribution < 1.29 is 9.72 Å². The van der Waals surface area contributed by atoms with Crippen LogP contribution in [0.1, 0.15) is 45.4 Å². The van der Waals surface area contributed by atoms with Crippen LogP contribution in [-0.2, 0) is 4.79 Å². The van der Waals surface area contributed by atoms with Crippen molar-refractivity contribution in [1.29, 1.82) is 0 Å². The molecule has 6 heteroatoms. The maximum Gasteiger partial charge on any atom is 0.292 e. The highest BCUT2D eigenvalue weighted by Crippen LogP contribution is 2.32. The smallest absolute Gasteiger partial charge is 0.292 e. The molecule has 1 amide bonds. The van der Waals surface area contributed by atoms with E-state index in [0.717, 1.165) is 32.2 Å². The van der Waals surface area contributed by atoms with Gasteiger partial charge in [-0.3, -0.25) is 14.9 Å². The first kappa shape index (κ1) is 17.7. The van der Waals surface area contributed by atoms with Crippen molar-refractivity contribution in [2.45, 2.75) is 51.5 Å². The van der Waals surface area contributed by atoms with Gasteiger partial charge in [-0.05, 0) is 38.7 Å². The van der Waals surface area contributed by atoms with E-state index in [9.17, 15) is 14.9 Å². The zero-order chi connectivity index (χ0) is 17.8. The molecular formula is C19H27N3O3. The third kappa shape index (κ3) is 3.78. The lowest BCUT2D eigenvalue weighted by atomic mass is 9.94. The number of piperidine rings is 1. The Kier molecular flexibility index (Phi) is 5.56. The molecule has 0 aromatic heterocycles. The molecular weight excluding hydrogens is 318 g/mol. The highest BCUT2D eigenvalue weighted by Gasteiger charge is 2.33. The molecule has 1 saturated carbocycles. The van der Waals surface area contributed by atoms with Crippen LogP contribution in [0.15, 0.2) is 24.3 Å².